The maximum atomic E-state index is 11.5. The average Bonchev–Trinajstić information content (AvgIpc) is 2.19. The van der Waals surface area contributed by atoms with E-state index < -0.39 is 0 Å². The fourth-order valence-corrected chi connectivity index (χ4v) is 1.33. The summed E-state index contributed by atoms with van der Waals surface area (Å²) in [6.07, 6.45) is 5.52. The average molecular weight is 196 g/mol. The molecule has 0 aromatic heterocycles. The van der Waals surface area contributed by atoms with E-state index in [1.165, 1.54) is 4.90 Å². The zero-order valence-corrected chi connectivity index (χ0v) is 8.45. The third-order valence-electron chi connectivity index (χ3n) is 2.16. The Morgan fingerprint density at radius 3 is 3.14 bits per heavy atom. The quantitative estimate of drug-likeness (QED) is 0.616. The van der Waals surface area contributed by atoms with Crippen molar-refractivity contribution in [1.29, 1.82) is 0 Å². The van der Waals surface area contributed by atoms with Crippen LogP contribution in [-0.4, -0.2) is 50.2 Å². The lowest BCUT2D eigenvalue weighted by Crippen LogP contribution is -2.41. The number of rotatable bonds is 3. The minimum absolute atomic E-state index is 0.00326. The number of morpholine rings is 1. The summed E-state index contributed by atoms with van der Waals surface area (Å²) in [7, 11) is 1.71. The van der Waals surface area contributed by atoms with E-state index in [0.29, 0.717) is 19.6 Å². The van der Waals surface area contributed by atoms with Gasteiger partial charge in [-0.3, -0.25) is 4.79 Å². The molecule has 0 aliphatic carbocycles. The number of carbonyl (C=O) groups excluding carboxylic acids is 1. The van der Waals surface area contributed by atoms with Crippen molar-refractivity contribution >= 4 is 5.91 Å². The van der Waals surface area contributed by atoms with Gasteiger partial charge in [-0.1, -0.05) is 5.92 Å². The van der Waals surface area contributed by atoms with Gasteiger partial charge in [-0.15, -0.1) is 6.42 Å². The van der Waals surface area contributed by atoms with Crippen LogP contribution in [0, 0.1) is 12.3 Å². The first kappa shape index (κ1) is 11.0. The lowest BCUT2D eigenvalue weighted by atomic mass is 10.2. The molecular weight excluding hydrogens is 180 g/mol. The van der Waals surface area contributed by atoms with Gasteiger partial charge in [0.2, 0.25) is 5.91 Å². The molecule has 0 spiro atoms. The zero-order chi connectivity index (χ0) is 10.4. The van der Waals surface area contributed by atoms with Gasteiger partial charge < -0.3 is 15.0 Å². The highest BCUT2D eigenvalue weighted by Crippen LogP contribution is 2.03. The molecule has 1 fully saturated rings. The SMILES string of the molecule is C#CCN(C)C(=O)CC1CNCCO1. The van der Waals surface area contributed by atoms with Crippen molar-refractivity contribution in [3.8, 4) is 12.3 Å². The number of carbonyl (C=O) groups is 1. The number of amides is 1. The van der Waals surface area contributed by atoms with Crippen molar-refractivity contribution in [2.75, 3.05) is 33.3 Å². The van der Waals surface area contributed by atoms with Crippen molar-refractivity contribution in [2.45, 2.75) is 12.5 Å². The van der Waals surface area contributed by atoms with Crippen LogP contribution in [0.5, 0.6) is 0 Å². The van der Waals surface area contributed by atoms with Crippen molar-refractivity contribution in [3.05, 3.63) is 0 Å². The molecule has 4 heteroatoms. The maximum Gasteiger partial charge on any atom is 0.225 e. The molecule has 0 radical (unpaired) electrons. The number of ether oxygens (including phenoxy) is 1. The minimum atomic E-state index is -0.00326. The fourth-order valence-electron chi connectivity index (χ4n) is 1.33. The van der Waals surface area contributed by atoms with E-state index in [-0.39, 0.29) is 12.0 Å². The van der Waals surface area contributed by atoms with E-state index >= 15 is 0 Å². The molecule has 1 amide bonds. The van der Waals surface area contributed by atoms with E-state index in [0.717, 1.165) is 13.1 Å². The Labute approximate surface area is 84.6 Å². The summed E-state index contributed by atoms with van der Waals surface area (Å²) in [5.74, 6) is 2.47. The molecular formula is C10H16N2O2. The number of hydrogen-bond acceptors (Lipinski definition) is 3. The summed E-state index contributed by atoms with van der Waals surface area (Å²) in [6.45, 7) is 2.65. The highest BCUT2D eigenvalue weighted by atomic mass is 16.5. The smallest absolute Gasteiger partial charge is 0.225 e. The molecule has 78 valence electrons. The fraction of sp³-hybridized carbons (Fsp3) is 0.700. The van der Waals surface area contributed by atoms with E-state index in [9.17, 15) is 4.79 Å². The first-order valence-corrected chi connectivity index (χ1v) is 4.73. The number of nitrogens with one attached hydrogen (secondary N) is 1. The van der Waals surface area contributed by atoms with Crippen LogP contribution in [0.4, 0.5) is 0 Å². The van der Waals surface area contributed by atoms with E-state index in [2.05, 4.69) is 11.2 Å². The van der Waals surface area contributed by atoms with Crippen LogP contribution in [0.1, 0.15) is 6.42 Å². The first-order chi connectivity index (χ1) is 6.74. The van der Waals surface area contributed by atoms with E-state index in [4.69, 9.17) is 11.2 Å². The third kappa shape index (κ3) is 3.36. The molecule has 1 saturated heterocycles. The molecule has 14 heavy (non-hydrogen) atoms. The predicted octanol–water partition coefficient (Wildman–Crippen LogP) is -0.543. The zero-order valence-electron chi connectivity index (χ0n) is 8.45. The molecule has 1 heterocycles. The molecule has 1 N–H and O–H groups in total. The Morgan fingerprint density at radius 2 is 2.57 bits per heavy atom. The van der Waals surface area contributed by atoms with Gasteiger partial charge in [0.05, 0.1) is 25.7 Å². The molecule has 0 aromatic carbocycles. The van der Waals surface area contributed by atoms with Crippen LogP contribution >= 0.6 is 0 Å². The van der Waals surface area contributed by atoms with Gasteiger partial charge >= 0.3 is 0 Å². The van der Waals surface area contributed by atoms with E-state index in [1.807, 2.05) is 0 Å². The summed E-state index contributed by atoms with van der Waals surface area (Å²) < 4.78 is 5.42. The van der Waals surface area contributed by atoms with E-state index in [1.54, 1.807) is 7.05 Å². The normalized spacial score (nSPS) is 21.3. The van der Waals surface area contributed by atoms with Crippen LogP contribution in [-0.2, 0) is 9.53 Å². The lowest BCUT2D eigenvalue weighted by molar-refractivity contribution is -0.132. The first-order valence-electron chi connectivity index (χ1n) is 4.73. The summed E-state index contributed by atoms with van der Waals surface area (Å²) in [5, 5.41) is 3.18. The van der Waals surface area contributed by atoms with Crippen molar-refractivity contribution in [2.24, 2.45) is 0 Å². The summed E-state index contributed by atoms with van der Waals surface area (Å²) in [4.78, 5) is 13.1. The standard InChI is InChI=1S/C10H16N2O2/c1-3-5-12(2)10(13)7-9-8-11-4-6-14-9/h1,9,11H,4-8H2,2H3. The number of hydrogen-bond donors (Lipinski definition) is 1. The van der Waals surface area contributed by atoms with Crippen molar-refractivity contribution < 1.29 is 9.53 Å². The molecule has 1 rings (SSSR count). The highest BCUT2D eigenvalue weighted by molar-refractivity contribution is 5.76. The second-order valence-corrected chi connectivity index (χ2v) is 3.35. The molecule has 4 nitrogen and oxygen atoms in total. The van der Waals surface area contributed by atoms with Crippen LogP contribution in [0.25, 0.3) is 0 Å². The molecule has 0 saturated carbocycles. The second-order valence-electron chi connectivity index (χ2n) is 3.35. The van der Waals surface area contributed by atoms with Gasteiger partial charge in [0.1, 0.15) is 0 Å². The Hall–Kier alpha value is -1.05. The van der Waals surface area contributed by atoms with Crippen molar-refractivity contribution in [3.63, 3.8) is 0 Å². The van der Waals surface area contributed by atoms with Gasteiger partial charge in [0, 0.05) is 20.1 Å². The molecule has 1 aliphatic rings. The van der Waals surface area contributed by atoms with Crippen LogP contribution in [0.2, 0.25) is 0 Å². The van der Waals surface area contributed by atoms with Gasteiger partial charge in [0.15, 0.2) is 0 Å². The molecule has 1 aliphatic heterocycles. The van der Waals surface area contributed by atoms with Gasteiger partial charge in [-0.05, 0) is 0 Å². The van der Waals surface area contributed by atoms with Crippen LogP contribution in [0.15, 0.2) is 0 Å². The van der Waals surface area contributed by atoms with Gasteiger partial charge in [-0.2, -0.15) is 0 Å². The molecule has 1 atom stereocenters. The Bertz CT molecular complexity index is 229. The Kier molecular flexibility index (Phi) is 4.44. The van der Waals surface area contributed by atoms with Gasteiger partial charge in [0.25, 0.3) is 0 Å². The largest absolute Gasteiger partial charge is 0.375 e. The molecule has 0 bridgehead atoms. The molecule has 1 unspecified atom stereocenters. The monoisotopic (exact) mass is 196 g/mol. The number of terminal acetylenes is 1. The van der Waals surface area contributed by atoms with Crippen LogP contribution < -0.4 is 5.32 Å². The predicted molar refractivity (Wildman–Crippen MR) is 53.7 cm³/mol. The van der Waals surface area contributed by atoms with Crippen molar-refractivity contribution in [1.82, 2.24) is 10.2 Å². The summed E-state index contributed by atoms with van der Waals surface area (Å²) >= 11 is 0. The van der Waals surface area contributed by atoms with Crippen LogP contribution in [0.3, 0.4) is 0 Å². The Balaban J connectivity index is 2.28. The maximum absolute atomic E-state index is 11.5. The summed E-state index contributed by atoms with van der Waals surface area (Å²) in [6, 6.07) is 0. The van der Waals surface area contributed by atoms with Gasteiger partial charge in [-0.25, -0.2) is 0 Å². The summed E-state index contributed by atoms with van der Waals surface area (Å²) in [5.41, 5.74) is 0. The minimum Gasteiger partial charge on any atom is -0.375 e. The molecule has 0 aromatic rings. The third-order valence-corrected chi connectivity index (χ3v) is 2.16. The second kappa shape index (κ2) is 5.63. The number of nitrogens with zero attached hydrogens (tertiary/aromatic N) is 1. The lowest BCUT2D eigenvalue weighted by Gasteiger charge is -2.24. The Morgan fingerprint density at radius 1 is 1.79 bits per heavy atom. The topological polar surface area (TPSA) is 41.6 Å². The highest BCUT2D eigenvalue weighted by Gasteiger charge is 2.18.